The van der Waals surface area contributed by atoms with Crippen LogP contribution < -0.4 is 10.7 Å². The van der Waals surface area contributed by atoms with Gasteiger partial charge in [0.05, 0.1) is 4.70 Å². The van der Waals surface area contributed by atoms with Crippen LogP contribution >= 0.6 is 11.3 Å². The van der Waals surface area contributed by atoms with Crippen LogP contribution in [0.25, 0.3) is 31.8 Å². The maximum absolute atomic E-state index is 11.5. The van der Waals surface area contributed by atoms with E-state index in [1.54, 1.807) is 0 Å². The first-order valence-corrected chi connectivity index (χ1v) is 6.69. The fourth-order valence-corrected chi connectivity index (χ4v) is 3.26. The van der Waals surface area contributed by atoms with Gasteiger partial charge in [-0.3, -0.25) is 0 Å². The molecule has 0 bridgehead atoms. The minimum absolute atomic E-state index is 0.296. The molecule has 3 nitrogen and oxygen atoms in total. The Bertz CT molecular complexity index is 997. The first-order chi connectivity index (χ1) is 9.24. The molecular weight excluding hydrogens is 258 g/mol. The summed E-state index contributed by atoms with van der Waals surface area (Å²) in [6.07, 6.45) is 0. The van der Waals surface area contributed by atoms with Crippen molar-refractivity contribution >= 4 is 48.9 Å². The van der Waals surface area contributed by atoms with E-state index in [9.17, 15) is 4.79 Å². The van der Waals surface area contributed by atoms with Crippen molar-refractivity contribution in [2.24, 2.45) is 0 Å². The molecule has 4 aromatic rings. The van der Waals surface area contributed by atoms with Gasteiger partial charge in [-0.2, -0.15) is 0 Å². The molecule has 1 aromatic heterocycles. The predicted molar refractivity (Wildman–Crippen MR) is 79.8 cm³/mol. The van der Waals surface area contributed by atoms with Crippen LogP contribution in [-0.4, -0.2) is 0 Å². The molecule has 0 spiro atoms. The smallest absolute Gasteiger partial charge is 0.396 e. The summed E-state index contributed by atoms with van der Waals surface area (Å²) in [7, 11) is 0. The zero-order chi connectivity index (χ0) is 13.0. The van der Waals surface area contributed by atoms with Gasteiger partial charge in [0, 0.05) is 16.5 Å². The minimum Gasteiger partial charge on any atom is -0.413 e. The van der Waals surface area contributed by atoms with Gasteiger partial charge in [0.2, 0.25) is 0 Å². The summed E-state index contributed by atoms with van der Waals surface area (Å²) in [5.74, 6) is 0. The summed E-state index contributed by atoms with van der Waals surface area (Å²) in [6.45, 7) is 0. The topological polar surface area (TPSA) is 56.2 Å². The number of anilines is 1. The number of hydrogen-bond donors (Lipinski definition) is 1. The number of benzene rings is 3. The average molecular weight is 267 g/mol. The molecule has 1 heterocycles. The lowest BCUT2D eigenvalue weighted by molar-refractivity contribution is 0.589. The van der Waals surface area contributed by atoms with Gasteiger partial charge >= 0.3 is 4.94 Å². The molecule has 3 aromatic carbocycles. The highest BCUT2D eigenvalue weighted by Gasteiger charge is 2.12. The highest BCUT2D eigenvalue weighted by molar-refractivity contribution is 7.16. The Morgan fingerprint density at radius 3 is 2.79 bits per heavy atom. The van der Waals surface area contributed by atoms with Crippen molar-refractivity contribution in [3.63, 3.8) is 0 Å². The van der Waals surface area contributed by atoms with Gasteiger partial charge in [-0.15, -0.1) is 0 Å². The van der Waals surface area contributed by atoms with E-state index >= 15 is 0 Å². The third-order valence-electron chi connectivity index (χ3n) is 3.36. The summed E-state index contributed by atoms with van der Waals surface area (Å²) < 4.78 is 6.15. The number of hydrogen-bond acceptors (Lipinski definition) is 4. The van der Waals surface area contributed by atoms with E-state index < -0.39 is 0 Å². The van der Waals surface area contributed by atoms with E-state index in [0.29, 0.717) is 11.3 Å². The molecule has 0 saturated heterocycles. The van der Waals surface area contributed by atoms with Crippen molar-refractivity contribution in [3.8, 4) is 0 Å². The average Bonchev–Trinajstić information content (AvgIpc) is 2.78. The first-order valence-electron chi connectivity index (χ1n) is 5.87. The highest BCUT2D eigenvalue weighted by Crippen LogP contribution is 2.36. The molecular formula is C15H9NO2S. The van der Waals surface area contributed by atoms with Gasteiger partial charge in [-0.05, 0) is 16.8 Å². The molecule has 0 saturated carbocycles. The van der Waals surface area contributed by atoms with Crippen LogP contribution in [0.15, 0.2) is 51.7 Å². The van der Waals surface area contributed by atoms with Crippen LogP contribution in [0.5, 0.6) is 0 Å². The summed E-state index contributed by atoms with van der Waals surface area (Å²) >= 11 is 1.09. The number of rotatable bonds is 0. The molecule has 0 amide bonds. The Hall–Kier alpha value is -2.33. The summed E-state index contributed by atoms with van der Waals surface area (Å²) in [5.41, 5.74) is 7.39. The molecule has 19 heavy (non-hydrogen) atoms. The van der Waals surface area contributed by atoms with Gasteiger partial charge in [0.1, 0.15) is 0 Å². The van der Waals surface area contributed by atoms with Gasteiger partial charge < -0.3 is 10.2 Å². The number of nitrogens with two attached hydrogens (primary N) is 1. The standard InChI is InChI=1S/C15H9NO2S/c16-11-7-12-14(18-15(17)19-12)13-9-4-2-1-3-8(9)5-6-10(11)13/h1-7H,16H2. The van der Waals surface area contributed by atoms with Gasteiger partial charge in [-0.25, -0.2) is 4.79 Å². The SMILES string of the molecule is Nc1cc2sc(=O)oc2c2c1ccc1ccccc12. The zero-order valence-corrected chi connectivity index (χ0v) is 10.7. The lowest BCUT2D eigenvalue weighted by Crippen LogP contribution is -1.88. The molecule has 92 valence electrons. The van der Waals surface area contributed by atoms with Crippen molar-refractivity contribution in [1.82, 2.24) is 0 Å². The van der Waals surface area contributed by atoms with Crippen molar-refractivity contribution < 1.29 is 4.42 Å². The first kappa shape index (κ1) is 10.6. The monoisotopic (exact) mass is 267 g/mol. The zero-order valence-electron chi connectivity index (χ0n) is 9.84. The van der Waals surface area contributed by atoms with Crippen molar-refractivity contribution in [3.05, 3.63) is 52.2 Å². The van der Waals surface area contributed by atoms with Crippen LogP contribution in [0, 0.1) is 0 Å². The molecule has 0 unspecified atom stereocenters. The Kier molecular flexibility index (Phi) is 2.00. The van der Waals surface area contributed by atoms with Crippen molar-refractivity contribution in [1.29, 1.82) is 0 Å². The van der Waals surface area contributed by atoms with E-state index in [0.717, 1.165) is 37.6 Å². The quantitative estimate of drug-likeness (QED) is 0.390. The van der Waals surface area contributed by atoms with E-state index in [-0.39, 0.29) is 4.94 Å². The van der Waals surface area contributed by atoms with Crippen LogP contribution in [0.1, 0.15) is 0 Å². The second kappa shape index (κ2) is 3.59. The van der Waals surface area contributed by atoms with Crippen LogP contribution in [0.3, 0.4) is 0 Å². The van der Waals surface area contributed by atoms with E-state index in [1.165, 1.54) is 0 Å². The molecule has 0 atom stereocenters. The van der Waals surface area contributed by atoms with E-state index in [2.05, 4.69) is 0 Å². The predicted octanol–water partition coefficient (Wildman–Crippen LogP) is 3.74. The van der Waals surface area contributed by atoms with E-state index in [4.69, 9.17) is 10.2 Å². The van der Waals surface area contributed by atoms with Gasteiger partial charge in [0.15, 0.2) is 5.58 Å². The fraction of sp³-hybridized carbons (Fsp3) is 0. The Morgan fingerprint density at radius 2 is 1.89 bits per heavy atom. The lowest BCUT2D eigenvalue weighted by atomic mass is 10.0. The molecule has 2 N–H and O–H groups in total. The molecule has 0 radical (unpaired) electrons. The second-order valence-electron chi connectivity index (χ2n) is 4.46. The number of nitrogen functional groups attached to an aromatic ring is 1. The van der Waals surface area contributed by atoms with Crippen LogP contribution in [-0.2, 0) is 0 Å². The maximum Gasteiger partial charge on any atom is 0.396 e. The fourth-order valence-electron chi connectivity index (χ4n) is 2.54. The molecule has 0 fully saturated rings. The molecule has 0 aliphatic rings. The minimum atomic E-state index is -0.296. The van der Waals surface area contributed by atoms with E-state index in [1.807, 2.05) is 42.5 Å². The second-order valence-corrected chi connectivity index (χ2v) is 5.43. The third kappa shape index (κ3) is 1.40. The van der Waals surface area contributed by atoms with Gasteiger partial charge in [-0.1, -0.05) is 47.7 Å². The number of fused-ring (bicyclic) bond motifs is 5. The van der Waals surface area contributed by atoms with Crippen LogP contribution in [0.4, 0.5) is 5.69 Å². The Balaban J connectivity index is 2.43. The lowest BCUT2D eigenvalue weighted by Gasteiger charge is -2.06. The van der Waals surface area contributed by atoms with Crippen LogP contribution in [0.2, 0.25) is 0 Å². The summed E-state index contributed by atoms with van der Waals surface area (Å²) in [6, 6.07) is 13.8. The highest BCUT2D eigenvalue weighted by atomic mass is 32.1. The molecule has 0 aliphatic carbocycles. The molecule has 4 rings (SSSR count). The van der Waals surface area contributed by atoms with Crippen molar-refractivity contribution in [2.45, 2.75) is 0 Å². The Labute approximate surface area is 111 Å². The summed E-state index contributed by atoms with van der Waals surface area (Å²) in [5, 5.41) is 4.01. The van der Waals surface area contributed by atoms with Gasteiger partial charge in [0.25, 0.3) is 0 Å². The molecule has 4 heteroatoms. The largest absolute Gasteiger partial charge is 0.413 e. The summed E-state index contributed by atoms with van der Waals surface area (Å²) in [4.78, 5) is 11.2. The molecule has 0 aliphatic heterocycles. The van der Waals surface area contributed by atoms with Crippen molar-refractivity contribution in [2.75, 3.05) is 5.73 Å². The Morgan fingerprint density at radius 1 is 1.05 bits per heavy atom. The third-order valence-corrected chi connectivity index (χ3v) is 4.13. The normalized spacial score (nSPS) is 11.6. The maximum atomic E-state index is 11.5.